The van der Waals surface area contributed by atoms with Crippen LogP contribution in [-0.2, 0) is 25.0 Å². The Kier molecular flexibility index (Phi) is 8.22. The number of nitrogens with zero attached hydrogens (tertiary/aromatic N) is 1. The standard InChI is InChI=1S/C26H35NO5Se/c1-8-30-23(28)17-10-11-22(27-16-17)33-21-15-19-18(25(3,4)12-13-26(19,5)6)14-20(21)32-24(29-7)31-9-2/h10-11,14-16,24H,8-9,12-13H2,1-7H3. The number of pyridine rings is 1. The molecule has 1 atom stereocenters. The summed E-state index contributed by atoms with van der Waals surface area (Å²) in [6.45, 7) is 13.0. The Hall–Kier alpha value is -1.92. The monoisotopic (exact) mass is 521 g/mol. The summed E-state index contributed by atoms with van der Waals surface area (Å²) in [7, 11) is 1.58. The number of esters is 1. The number of methoxy groups -OCH3 is 1. The average Bonchev–Trinajstić information content (AvgIpc) is 2.78. The molecule has 1 heterocycles. The molecule has 0 spiro atoms. The molecule has 1 aromatic carbocycles. The summed E-state index contributed by atoms with van der Waals surface area (Å²) in [5.74, 6) is 0.404. The van der Waals surface area contributed by atoms with Gasteiger partial charge in [-0.3, -0.25) is 0 Å². The minimum atomic E-state index is -0.776. The van der Waals surface area contributed by atoms with Gasteiger partial charge in [-0.25, -0.2) is 0 Å². The summed E-state index contributed by atoms with van der Waals surface area (Å²) in [5.41, 5.74) is 3.26. The van der Waals surface area contributed by atoms with E-state index in [-0.39, 0.29) is 31.8 Å². The molecule has 2 aromatic rings. The van der Waals surface area contributed by atoms with Crippen LogP contribution in [0.3, 0.4) is 0 Å². The third-order valence-electron chi connectivity index (χ3n) is 6.10. The van der Waals surface area contributed by atoms with Gasteiger partial charge in [0.15, 0.2) is 0 Å². The van der Waals surface area contributed by atoms with E-state index in [1.165, 1.54) is 11.1 Å². The maximum absolute atomic E-state index is 12.0. The number of rotatable bonds is 9. The molecule has 0 amide bonds. The summed E-state index contributed by atoms with van der Waals surface area (Å²) >= 11 is -0.139. The van der Waals surface area contributed by atoms with Gasteiger partial charge in [0.05, 0.1) is 0 Å². The van der Waals surface area contributed by atoms with Gasteiger partial charge in [-0.1, -0.05) is 0 Å². The van der Waals surface area contributed by atoms with Crippen LogP contribution in [0.4, 0.5) is 0 Å². The number of ether oxygens (including phenoxy) is 4. The fourth-order valence-corrected chi connectivity index (χ4v) is 5.81. The first-order valence-electron chi connectivity index (χ1n) is 11.4. The van der Waals surface area contributed by atoms with E-state index < -0.39 is 6.48 Å². The molecule has 1 unspecified atom stereocenters. The van der Waals surface area contributed by atoms with Gasteiger partial charge >= 0.3 is 204 Å². The van der Waals surface area contributed by atoms with E-state index in [4.69, 9.17) is 18.9 Å². The molecular formula is C26H35NO5Se. The van der Waals surface area contributed by atoms with Crippen molar-refractivity contribution in [3.05, 3.63) is 47.2 Å². The van der Waals surface area contributed by atoms with Gasteiger partial charge in [0.25, 0.3) is 0 Å². The molecule has 1 aliphatic carbocycles. The first-order chi connectivity index (χ1) is 15.6. The van der Waals surface area contributed by atoms with E-state index in [0.717, 1.165) is 27.6 Å². The van der Waals surface area contributed by atoms with Crippen molar-refractivity contribution >= 4 is 30.0 Å². The second-order valence-corrected chi connectivity index (χ2v) is 11.6. The van der Waals surface area contributed by atoms with Gasteiger partial charge in [0.2, 0.25) is 0 Å². The summed E-state index contributed by atoms with van der Waals surface area (Å²) in [6, 6.07) is 8.11. The van der Waals surface area contributed by atoms with Crippen molar-refractivity contribution in [1.82, 2.24) is 4.98 Å². The number of aromatic nitrogens is 1. The van der Waals surface area contributed by atoms with E-state index >= 15 is 0 Å². The van der Waals surface area contributed by atoms with E-state index in [1.54, 1.807) is 26.3 Å². The Balaban J connectivity index is 2.02. The molecule has 0 saturated carbocycles. The molecule has 3 rings (SSSR count). The molecule has 1 aliphatic rings. The van der Waals surface area contributed by atoms with Crippen LogP contribution in [0.15, 0.2) is 30.5 Å². The molecule has 1 aromatic heterocycles. The van der Waals surface area contributed by atoms with Gasteiger partial charge in [-0.05, 0) is 0 Å². The van der Waals surface area contributed by atoms with Crippen LogP contribution in [0.1, 0.15) is 75.9 Å². The van der Waals surface area contributed by atoms with Crippen molar-refractivity contribution in [3.8, 4) is 5.75 Å². The van der Waals surface area contributed by atoms with Crippen LogP contribution >= 0.6 is 0 Å². The van der Waals surface area contributed by atoms with Crippen LogP contribution in [0, 0.1) is 0 Å². The van der Waals surface area contributed by atoms with Crippen molar-refractivity contribution in [1.29, 1.82) is 0 Å². The molecule has 0 N–H and O–H groups in total. The van der Waals surface area contributed by atoms with Crippen molar-refractivity contribution < 1.29 is 23.7 Å². The maximum atomic E-state index is 12.0. The summed E-state index contributed by atoms with van der Waals surface area (Å²) < 4.78 is 24.2. The molecular weight excluding hydrogens is 485 g/mol. The number of carbonyl (C=O) groups is 1. The minimum absolute atomic E-state index is 0.0578. The Morgan fingerprint density at radius 1 is 1.06 bits per heavy atom. The van der Waals surface area contributed by atoms with Gasteiger partial charge in [-0.2, -0.15) is 0 Å². The second-order valence-electron chi connectivity index (χ2n) is 9.42. The second kappa shape index (κ2) is 10.6. The fourth-order valence-electron chi connectivity index (χ4n) is 4.02. The third kappa shape index (κ3) is 5.96. The molecule has 0 radical (unpaired) electrons. The van der Waals surface area contributed by atoms with Gasteiger partial charge < -0.3 is 0 Å². The summed E-state index contributed by atoms with van der Waals surface area (Å²) in [6.07, 6.45) is 3.83. The predicted molar refractivity (Wildman–Crippen MR) is 130 cm³/mol. The zero-order valence-corrected chi connectivity index (χ0v) is 22.4. The van der Waals surface area contributed by atoms with E-state index in [2.05, 4.69) is 44.8 Å². The van der Waals surface area contributed by atoms with E-state index in [0.29, 0.717) is 18.8 Å². The molecule has 7 heteroatoms. The van der Waals surface area contributed by atoms with E-state index in [9.17, 15) is 4.79 Å². The Labute approximate surface area is 203 Å². The topological polar surface area (TPSA) is 66.9 Å². The molecule has 0 aliphatic heterocycles. The van der Waals surface area contributed by atoms with Crippen LogP contribution in [-0.4, -0.2) is 52.7 Å². The number of hydrogen-bond donors (Lipinski definition) is 0. The number of hydrogen-bond acceptors (Lipinski definition) is 6. The molecule has 33 heavy (non-hydrogen) atoms. The van der Waals surface area contributed by atoms with Crippen LogP contribution < -0.4 is 13.8 Å². The number of fused-ring (bicyclic) bond motifs is 1. The zero-order chi connectivity index (χ0) is 24.2. The van der Waals surface area contributed by atoms with Gasteiger partial charge in [-0.15, -0.1) is 0 Å². The van der Waals surface area contributed by atoms with Gasteiger partial charge in [0, 0.05) is 0 Å². The number of benzene rings is 1. The van der Waals surface area contributed by atoms with Gasteiger partial charge in [0.1, 0.15) is 0 Å². The predicted octanol–water partition coefficient (Wildman–Crippen LogP) is 3.61. The Morgan fingerprint density at radius 3 is 2.27 bits per heavy atom. The number of carbonyl (C=O) groups excluding carboxylic acids is 1. The first-order valence-corrected chi connectivity index (χ1v) is 13.1. The zero-order valence-electron chi connectivity index (χ0n) is 20.7. The van der Waals surface area contributed by atoms with Crippen molar-refractivity contribution in [2.45, 2.75) is 71.7 Å². The third-order valence-corrected chi connectivity index (χ3v) is 8.17. The summed E-state index contributed by atoms with van der Waals surface area (Å²) in [4.78, 5) is 16.5. The quantitative estimate of drug-likeness (QED) is 0.286. The van der Waals surface area contributed by atoms with Crippen molar-refractivity contribution in [3.63, 3.8) is 0 Å². The van der Waals surface area contributed by atoms with Crippen LogP contribution in [0.2, 0.25) is 0 Å². The van der Waals surface area contributed by atoms with Crippen molar-refractivity contribution in [2.75, 3.05) is 20.3 Å². The molecule has 0 saturated heterocycles. The average molecular weight is 521 g/mol. The molecule has 180 valence electrons. The van der Waals surface area contributed by atoms with Crippen molar-refractivity contribution in [2.24, 2.45) is 0 Å². The Morgan fingerprint density at radius 2 is 1.73 bits per heavy atom. The SMILES string of the molecule is CCOC(=O)c1ccc([Se]c2cc3c(cc2OC(OC)OCC)C(C)(C)CCC3(C)C)nc1. The van der Waals surface area contributed by atoms with Crippen LogP contribution in [0.5, 0.6) is 5.75 Å². The molecule has 0 fully saturated rings. The molecule has 6 nitrogen and oxygen atoms in total. The van der Waals surface area contributed by atoms with E-state index in [1.807, 2.05) is 13.0 Å². The van der Waals surface area contributed by atoms with Crippen LogP contribution in [0.25, 0.3) is 0 Å². The Bertz CT molecular complexity index is 971. The fraction of sp³-hybridized carbons (Fsp3) is 0.538. The summed E-state index contributed by atoms with van der Waals surface area (Å²) in [5, 5.41) is 0. The molecule has 0 bridgehead atoms. The normalized spacial score (nSPS) is 17.2. The first kappa shape index (κ1) is 25.7.